The average Bonchev–Trinajstić information content (AvgIpc) is 3.60. The van der Waals surface area contributed by atoms with Gasteiger partial charge in [0.05, 0.1) is 5.41 Å². The van der Waals surface area contributed by atoms with Gasteiger partial charge in [-0.05, 0) is 128 Å². The zero-order valence-corrected chi connectivity index (χ0v) is 31.7. The summed E-state index contributed by atoms with van der Waals surface area (Å²) in [5.41, 5.74) is 20.7. The topological polar surface area (TPSA) is 3.24 Å². The Morgan fingerprint density at radius 2 is 1.27 bits per heavy atom. The quantitative estimate of drug-likeness (QED) is 0.173. The van der Waals surface area contributed by atoms with Crippen LogP contribution in [0.5, 0.6) is 0 Å². The van der Waals surface area contributed by atoms with Gasteiger partial charge in [-0.2, -0.15) is 0 Å². The summed E-state index contributed by atoms with van der Waals surface area (Å²) in [6.45, 7) is 11.5. The molecule has 0 amide bonds. The maximum Gasteiger partial charge on any atom is 0.0725 e. The highest BCUT2D eigenvalue weighted by Gasteiger charge is 2.52. The molecule has 0 radical (unpaired) electrons. The number of allylic oxidation sites excluding steroid dienone is 11. The molecule has 0 saturated heterocycles. The summed E-state index contributed by atoms with van der Waals surface area (Å²) in [6, 6.07) is 51.9. The van der Waals surface area contributed by atoms with Crippen LogP contribution in [0.2, 0.25) is 0 Å². The highest BCUT2D eigenvalue weighted by molar-refractivity contribution is 6.00. The summed E-state index contributed by atoms with van der Waals surface area (Å²) >= 11 is 0. The Bertz CT molecular complexity index is 2730. The third-order valence-electron chi connectivity index (χ3n) is 12.4. The van der Waals surface area contributed by atoms with Gasteiger partial charge >= 0.3 is 0 Å². The maximum absolute atomic E-state index is 4.70. The van der Waals surface area contributed by atoms with Gasteiger partial charge < -0.3 is 4.90 Å². The van der Waals surface area contributed by atoms with Gasteiger partial charge in [-0.3, -0.25) is 0 Å². The van der Waals surface area contributed by atoms with E-state index in [9.17, 15) is 0 Å². The lowest BCUT2D eigenvalue weighted by Crippen LogP contribution is -2.26. The first-order chi connectivity index (χ1) is 26.9. The third-order valence-corrected chi connectivity index (χ3v) is 12.4. The first kappa shape index (κ1) is 33.2. The molecule has 4 aliphatic carbocycles. The van der Waals surface area contributed by atoms with E-state index in [1.807, 2.05) is 0 Å². The number of hydrogen-bond acceptors (Lipinski definition) is 1. The van der Waals surface area contributed by atoms with Crippen LogP contribution in [-0.2, 0) is 10.8 Å². The van der Waals surface area contributed by atoms with Crippen molar-refractivity contribution in [2.45, 2.75) is 38.0 Å². The molecule has 4 aliphatic rings. The fourth-order valence-corrected chi connectivity index (χ4v) is 9.90. The monoisotopic (exact) mass is 705 g/mol. The summed E-state index contributed by atoms with van der Waals surface area (Å²) < 4.78 is 0. The second kappa shape index (κ2) is 12.6. The average molecular weight is 706 g/mol. The Balaban J connectivity index is 1.21. The number of fused-ring (bicyclic) bond motifs is 10. The Labute approximate surface area is 325 Å². The number of anilines is 3. The predicted octanol–water partition coefficient (Wildman–Crippen LogP) is 14.2. The fraction of sp³-hybridized carbons (Fsp3) is 0.111. The molecule has 0 bridgehead atoms. The maximum atomic E-state index is 4.70. The smallest absolute Gasteiger partial charge is 0.0725 e. The van der Waals surface area contributed by atoms with E-state index in [4.69, 9.17) is 6.58 Å². The van der Waals surface area contributed by atoms with Gasteiger partial charge in [-0.1, -0.05) is 166 Å². The van der Waals surface area contributed by atoms with E-state index in [1.165, 1.54) is 72.4 Å². The summed E-state index contributed by atoms with van der Waals surface area (Å²) in [7, 11) is 0. The Kier molecular flexibility index (Phi) is 7.58. The standard InChI is InChI=1S/C54H43N/c1-5-6-25-47-36(2)42-22-13-15-27-49(42)54(47)50-28-16-14-24-44(50)46-34-40(30-32-51(46)54)55(39-21-17-20-38(33-39)37-18-9-7-10-19-37)41-29-31-45-43-23-11-8-12-26-48(43)53(3,4)52(45)35-41/h5-10,12-35H,2,11H2,1,3-4H3/b6-5-,47-25+. The number of benzene rings is 6. The van der Waals surface area contributed by atoms with Gasteiger partial charge in [-0.25, -0.2) is 0 Å². The SMILES string of the molecule is C=C1/C(=C\C=C/C)C2(c3ccccc31)c1ccccc1-c1cc(N(c3cccc(-c4ccccc4)c3)c3ccc4c(c3)C(C)(C)C3=CC=CCC=C34)ccc12. The van der Waals surface area contributed by atoms with Crippen LogP contribution in [-0.4, -0.2) is 0 Å². The van der Waals surface area contributed by atoms with Crippen LogP contribution in [0.4, 0.5) is 17.1 Å². The lowest BCUT2D eigenvalue weighted by atomic mass is 9.70. The van der Waals surface area contributed by atoms with E-state index in [0.717, 1.165) is 29.1 Å². The highest BCUT2D eigenvalue weighted by Crippen LogP contribution is 2.64. The second-order valence-electron chi connectivity index (χ2n) is 15.6. The Morgan fingerprint density at radius 3 is 2.09 bits per heavy atom. The molecule has 0 aromatic heterocycles. The van der Waals surface area contributed by atoms with Gasteiger partial charge in [0, 0.05) is 22.5 Å². The normalized spacial score (nSPS) is 19.1. The molecule has 0 aliphatic heterocycles. The molecular weight excluding hydrogens is 663 g/mol. The minimum Gasteiger partial charge on any atom is -0.310 e. The molecule has 55 heavy (non-hydrogen) atoms. The minimum atomic E-state index is -0.446. The van der Waals surface area contributed by atoms with Crippen LogP contribution in [0.1, 0.15) is 60.6 Å². The summed E-state index contributed by atoms with van der Waals surface area (Å²) in [5.74, 6) is 0. The number of hydrogen-bond donors (Lipinski definition) is 0. The van der Waals surface area contributed by atoms with E-state index in [2.05, 4.69) is 208 Å². The zero-order chi connectivity index (χ0) is 37.3. The van der Waals surface area contributed by atoms with E-state index in [1.54, 1.807) is 0 Å². The van der Waals surface area contributed by atoms with Gasteiger partial charge in [0.15, 0.2) is 0 Å². The molecule has 0 saturated carbocycles. The third kappa shape index (κ3) is 4.79. The van der Waals surface area contributed by atoms with E-state index in [0.29, 0.717) is 0 Å². The largest absolute Gasteiger partial charge is 0.310 e. The molecule has 1 atom stereocenters. The fourth-order valence-electron chi connectivity index (χ4n) is 9.90. The van der Waals surface area contributed by atoms with Crippen molar-refractivity contribution in [2.24, 2.45) is 0 Å². The molecular formula is C54H43N. The Hall–Kier alpha value is -6.44. The molecule has 0 heterocycles. The van der Waals surface area contributed by atoms with Crippen LogP contribution in [0, 0.1) is 0 Å². The van der Waals surface area contributed by atoms with Crippen LogP contribution < -0.4 is 4.90 Å². The van der Waals surface area contributed by atoms with Crippen molar-refractivity contribution in [3.63, 3.8) is 0 Å². The number of nitrogens with zero attached hydrogens (tertiary/aromatic N) is 1. The molecule has 264 valence electrons. The summed E-state index contributed by atoms with van der Waals surface area (Å²) in [6.07, 6.45) is 16.7. The van der Waals surface area contributed by atoms with Crippen LogP contribution >= 0.6 is 0 Å². The van der Waals surface area contributed by atoms with E-state index >= 15 is 0 Å². The lowest BCUT2D eigenvalue weighted by molar-refractivity contribution is 0.661. The van der Waals surface area contributed by atoms with Crippen molar-refractivity contribution in [1.29, 1.82) is 0 Å². The molecule has 1 unspecified atom stereocenters. The van der Waals surface area contributed by atoms with E-state index in [-0.39, 0.29) is 5.41 Å². The van der Waals surface area contributed by atoms with Crippen LogP contribution in [0.15, 0.2) is 200 Å². The zero-order valence-electron chi connectivity index (χ0n) is 31.7. The molecule has 1 heteroatoms. The second-order valence-corrected chi connectivity index (χ2v) is 15.6. The first-order valence-electron chi connectivity index (χ1n) is 19.5. The van der Waals surface area contributed by atoms with Crippen molar-refractivity contribution in [3.8, 4) is 22.3 Å². The molecule has 6 aromatic carbocycles. The van der Waals surface area contributed by atoms with Gasteiger partial charge in [-0.15, -0.1) is 0 Å². The van der Waals surface area contributed by atoms with Crippen molar-refractivity contribution in [3.05, 3.63) is 233 Å². The number of rotatable bonds is 5. The van der Waals surface area contributed by atoms with Crippen LogP contribution in [0.3, 0.4) is 0 Å². The highest BCUT2D eigenvalue weighted by atomic mass is 15.1. The molecule has 1 nitrogen and oxygen atoms in total. The predicted molar refractivity (Wildman–Crippen MR) is 233 cm³/mol. The summed E-state index contributed by atoms with van der Waals surface area (Å²) in [4.78, 5) is 2.46. The molecule has 6 aromatic rings. The molecule has 0 fully saturated rings. The Morgan fingerprint density at radius 1 is 0.600 bits per heavy atom. The molecule has 10 rings (SSSR count). The first-order valence-corrected chi connectivity index (χ1v) is 19.5. The van der Waals surface area contributed by atoms with Crippen LogP contribution in [0.25, 0.3) is 33.4 Å². The summed E-state index contributed by atoms with van der Waals surface area (Å²) in [5, 5.41) is 0. The molecule has 1 spiro atoms. The lowest BCUT2D eigenvalue weighted by Gasteiger charge is -2.32. The van der Waals surface area contributed by atoms with Crippen molar-refractivity contribution in [1.82, 2.24) is 0 Å². The molecule has 0 N–H and O–H groups in total. The van der Waals surface area contributed by atoms with E-state index < -0.39 is 5.41 Å². The van der Waals surface area contributed by atoms with Crippen molar-refractivity contribution < 1.29 is 0 Å². The minimum absolute atomic E-state index is 0.124. The van der Waals surface area contributed by atoms with Gasteiger partial charge in [0.1, 0.15) is 0 Å². The van der Waals surface area contributed by atoms with Gasteiger partial charge in [0.25, 0.3) is 0 Å². The van der Waals surface area contributed by atoms with Crippen molar-refractivity contribution in [2.75, 3.05) is 4.90 Å². The van der Waals surface area contributed by atoms with Gasteiger partial charge in [0.2, 0.25) is 0 Å². The van der Waals surface area contributed by atoms with Crippen molar-refractivity contribution >= 4 is 28.2 Å².